The summed E-state index contributed by atoms with van der Waals surface area (Å²) in [6.45, 7) is 6.12. The maximum atomic E-state index is 4.80. The Morgan fingerprint density at radius 2 is 1.80 bits per heavy atom. The normalized spacial score (nSPS) is 11.2. The van der Waals surface area contributed by atoms with Crippen molar-refractivity contribution in [3.05, 3.63) is 66.0 Å². The Bertz CT molecular complexity index is 1030. The van der Waals surface area contributed by atoms with Gasteiger partial charge in [-0.2, -0.15) is 5.10 Å². The lowest BCUT2D eigenvalue weighted by molar-refractivity contribution is 0.906. The summed E-state index contributed by atoms with van der Waals surface area (Å²) in [5, 5.41) is 4.71. The summed E-state index contributed by atoms with van der Waals surface area (Å²) >= 11 is 0. The van der Waals surface area contributed by atoms with Gasteiger partial charge in [-0.05, 0) is 56.2 Å². The van der Waals surface area contributed by atoms with Crippen LogP contribution in [0, 0.1) is 13.8 Å². The minimum Gasteiger partial charge on any atom is -0.265 e. The van der Waals surface area contributed by atoms with Crippen LogP contribution in [0.1, 0.15) is 24.0 Å². The summed E-state index contributed by atoms with van der Waals surface area (Å²) in [5.74, 6) is 0. The van der Waals surface area contributed by atoms with Crippen LogP contribution < -0.4 is 0 Å². The maximum absolute atomic E-state index is 4.80. The third kappa shape index (κ3) is 2.67. The second-order valence-corrected chi connectivity index (χ2v) is 6.11. The molecule has 4 aromatic rings. The van der Waals surface area contributed by atoms with E-state index in [4.69, 9.17) is 10.1 Å². The Labute approximate surface area is 146 Å². The van der Waals surface area contributed by atoms with E-state index in [1.807, 2.05) is 36.7 Å². The highest BCUT2D eigenvalue weighted by Gasteiger charge is 2.16. The number of rotatable bonds is 3. The van der Waals surface area contributed by atoms with Crippen LogP contribution in [0.25, 0.3) is 28.0 Å². The average Bonchev–Trinajstić information content (AvgIpc) is 2.97. The van der Waals surface area contributed by atoms with E-state index < -0.39 is 0 Å². The van der Waals surface area contributed by atoms with E-state index >= 15 is 0 Å². The lowest BCUT2D eigenvalue weighted by atomic mass is 10.1. The fraction of sp³-hybridized carbons (Fsp3) is 0.200. The van der Waals surface area contributed by atoms with Gasteiger partial charge < -0.3 is 0 Å². The molecule has 0 fully saturated rings. The van der Waals surface area contributed by atoms with Gasteiger partial charge in [-0.3, -0.25) is 9.97 Å². The van der Waals surface area contributed by atoms with Crippen LogP contribution in [0.3, 0.4) is 0 Å². The Kier molecular flexibility index (Phi) is 3.76. The first kappa shape index (κ1) is 15.4. The molecule has 0 atom stereocenters. The van der Waals surface area contributed by atoms with Crippen molar-refractivity contribution in [1.29, 1.82) is 0 Å². The first-order chi connectivity index (χ1) is 12.2. The number of nitrogens with zero attached hydrogens (tertiary/aromatic N) is 5. The van der Waals surface area contributed by atoms with Crippen LogP contribution in [-0.2, 0) is 6.42 Å². The first-order valence-electron chi connectivity index (χ1n) is 8.40. The predicted molar refractivity (Wildman–Crippen MR) is 98.3 cm³/mol. The number of fused-ring (bicyclic) bond motifs is 1. The van der Waals surface area contributed by atoms with Gasteiger partial charge in [0.05, 0.1) is 17.1 Å². The van der Waals surface area contributed by atoms with Gasteiger partial charge in [-0.15, -0.1) is 0 Å². The summed E-state index contributed by atoms with van der Waals surface area (Å²) in [6.07, 6.45) is 6.43. The van der Waals surface area contributed by atoms with Crippen molar-refractivity contribution < 1.29 is 0 Å². The van der Waals surface area contributed by atoms with E-state index in [9.17, 15) is 0 Å². The number of aryl methyl sites for hydroxylation is 3. The summed E-state index contributed by atoms with van der Waals surface area (Å²) in [4.78, 5) is 13.4. The maximum Gasteiger partial charge on any atom is 0.162 e. The van der Waals surface area contributed by atoms with Gasteiger partial charge in [0, 0.05) is 35.4 Å². The topological polar surface area (TPSA) is 56.0 Å². The molecule has 5 nitrogen and oxygen atoms in total. The zero-order valence-electron chi connectivity index (χ0n) is 14.6. The van der Waals surface area contributed by atoms with Gasteiger partial charge in [0.15, 0.2) is 5.65 Å². The minimum atomic E-state index is 0.851. The Morgan fingerprint density at radius 3 is 2.48 bits per heavy atom. The van der Waals surface area contributed by atoms with Crippen LogP contribution >= 0.6 is 0 Å². The van der Waals surface area contributed by atoms with Gasteiger partial charge in [-0.25, -0.2) is 9.50 Å². The molecule has 4 heterocycles. The van der Waals surface area contributed by atoms with Crippen molar-refractivity contribution >= 4 is 5.65 Å². The van der Waals surface area contributed by atoms with Gasteiger partial charge in [0.2, 0.25) is 0 Å². The molecule has 0 amide bonds. The van der Waals surface area contributed by atoms with Crippen molar-refractivity contribution in [2.45, 2.75) is 27.2 Å². The van der Waals surface area contributed by atoms with Crippen molar-refractivity contribution in [3.63, 3.8) is 0 Å². The number of pyridine rings is 2. The Hall–Kier alpha value is -3.08. The van der Waals surface area contributed by atoms with E-state index in [0.29, 0.717) is 0 Å². The SMILES string of the molecule is CCc1ccc(-c2c(C)nc3c(-c4ccncc4)cc(C)nn23)cn1. The van der Waals surface area contributed by atoms with E-state index in [1.165, 1.54) is 0 Å². The Morgan fingerprint density at radius 1 is 1.00 bits per heavy atom. The quantitative estimate of drug-likeness (QED) is 0.569. The third-order valence-electron chi connectivity index (χ3n) is 4.33. The smallest absolute Gasteiger partial charge is 0.162 e. The van der Waals surface area contributed by atoms with Crippen molar-refractivity contribution in [1.82, 2.24) is 24.6 Å². The van der Waals surface area contributed by atoms with E-state index in [1.54, 1.807) is 12.4 Å². The molecule has 0 aliphatic heterocycles. The summed E-state index contributed by atoms with van der Waals surface area (Å²) in [7, 11) is 0. The van der Waals surface area contributed by atoms with Crippen LogP contribution in [0.5, 0.6) is 0 Å². The Balaban J connectivity index is 1.97. The average molecular weight is 329 g/mol. The fourth-order valence-corrected chi connectivity index (χ4v) is 3.10. The van der Waals surface area contributed by atoms with Crippen LogP contribution in [0.2, 0.25) is 0 Å². The molecule has 5 heteroatoms. The molecule has 0 radical (unpaired) electrons. The molecule has 4 rings (SSSR count). The monoisotopic (exact) mass is 329 g/mol. The van der Waals surface area contributed by atoms with E-state index in [-0.39, 0.29) is 0 Å². The highest BCUT2D eigenvalue weighted by Crippen LogP contribution is 2.30. The predicted octanol–water partition coefficient (Wildman–Crippen LogP) is 4.03. The van der Waals surface area contributed by atoms with Crippen molar-refractivity contribution in [2.24, 2.45) is 0 Å². The number of hydrogen-bond acceptors (Lipinski definition) is 4. The van der Waals surface area contributed by atoms with Gasteiger partial charge >= 0.3 is 0 Å². The molecule has 0 bridgehead atoms. The number of aromatic nitrogens is 5. The molecule has 25 heavy (non-hydrogen) atoms. The van der Waals surface area contributed by atoms with Crippen molar-refractivity contribution in [3.8, 4) is 22.4 Å². The van der Waals surface area contributed by atoms with Crippen molar-refractivity contribution in [2.75, 3.05) is 0 Å². The minimum absolute atomic E-state index is 0.851. The summed E-state index contributed by atoms with van der Waals surface area (Å²) in [5.41, 5.74) is 7.98. The second-order valence-electron chi connectivity index (χ2n) is 6.11. The zero-order chi connectivity index (χ0) is 17.4. The first-order valence-corrected chi connectivity index (χ1v) is 8.40. The fourth-order valence-electron chi connectivity index (χ4n) is 3.10. The highest BCUT2D eigenvalue weighted by molar-refractivity contribution is 5.80. The van der Waals surface area contributed by atoms with E-state index in [0.717, 1.165) is 51.5 Å². The molecule has 0 aliphatic carbocycles. The lowest BCUT2D eigenvalue weighted by Crippen LogP contribution is -2.00. The van der Waals surface area contributed by atoms with E-state index in [2.05, 4.69) is 35.1 Å². The van der Waals surface area contributed by atoms with Gasteiger partial charge in [0.25, 0.3) is 0 Å². The van der Waals surface area contributed by atoms with Gasteiger partial charge in [0.1, 0.15) is 0 Å². The zero-order valence-corrected chi connectivity index (χ0v) is 14.6. The third-order valence-corrected chi connectivity index (χ3v) is 4.33. The molecular formula is C20H19N5. The van der Waals surface area contributed by atoms with Gasteiger partial charge in [-0.1, -0.05) is 6.92 Å². The molecule has 4 aromatic heterocycles. The molecule has 0 spiro atoms. The molecule has 0 unspecified atom stereocenters. The standard InChI is InChI=1S/C20H19N5/c1-4-17-6-5-16(12-22-17)19-14(3)23-20-18(11-13(2)24-25(19)20)15-7-9-21-10-8-15/h5-12H,4H2,1-3H3. The molecule has 0 aliphatic rings. The molecule has 0 aromatic carbocycles. The van der Waals surface area contributed by atoms with Crippen LogP contribution in [-0.4, -0.2) is 24.6 Å². The summed E-state index contributed by atoms with van der Waals surface area (Å²) in [6, 6.07) is 10.2. The van der Waals surface area contributed by atoms with Crippen LogP contribution in [0.4, 0.5) is 0 Å². The molecule has 0 saturated carbocycles. The van der Waals surface area contributed by atoms with Crippen LogP contribution in [0.15, 0.2) is 48.9 Å². The molecule has 0 N–H and O–H groups in total. The summed E-state index contributed by atoms with van der Waals surface area (Å²) < 4.78 is 1.93. The lowest BCUT2D eigenvalue weighted by Gasteiger charge is -2.07. The molecular weight excluding hydrogens is 310 g/mol. The number of imidazole rings is 1. The largest absolute Gasteiger partial charge is 0.265 e. The highest BCUT2D eigenvalue weighted by atomic mass is 15.3. The number of hydrogen-bond donors (Lipinski definition) is 0. The molecule has 0 saturated heterocycles. The second kappa shape index (κ2) is 6.09. The molecule has 124 valence electrons.